The lowest BCUT2D eigenvalue weighted by atomic mass is 10.2. The molecule has 0 fully saturated rings. The van der Waals surface area contributed by atoms with Crippen LogP contribution in [0.2, 0.25) is 0 Å². The molecule has 0 saturated carbocycles. The van der Waals surface area contributed by atoms with Crippen molar-refractivity contribution in [1.29, 1.82) is 0 Å². The molecule has 1 amide bonds. The minimum atomic E-state index is -0.0372. The van der Waals surface area contributed by atoms with E-state index in [9.17, 15) is 4.79 Å². The van der Waals surface area contributed by atoms with Crippen molar-refractivity contribution in [2.75, 3.05) is 7.11 Å². The van der Waals surface area contributed by atoms with Gasteiger partial charge in [-0.2, -0.15) is 0 Å². The molecule has 0 atom stereocenters. The van der Waals surface area contributed by atoms with Gasteiger partial charge in [0.1, 0.15) is 5.01 Å². The van der Waals surface area contributed by atoms with Crippen LogP contribution in [0.4, 0.5) is 0 Å². The molecule has 0 unspecified atom stereocenters. The number of aryl methyl sites for hydroxylation is 1. The van der Waals surface area contributed by atoms with Gasteiger partial charge in [0.15, 0.2) is 0 Å². The second kappa shape index (κ2) is 7.12. The molecule has 0 bridgehead atoms. The first-order valence-corrected chi connectivity index (χ1v) is 7.11. The van der Waals surface area contributed by atoms with Gasteiger partial charge in [0.05, 0.1) is 25.3 Å². The first kappa shape index (κ1) is 14.6. The van der Waals surface area contributed by atoms with Crippen LogP contribution in [-0.4, -0.2) is 23.0 Å². The monoisotopic (exact) mass is 291 g/mol. The Morgan fingerprint density at radius 2 is 2.30 bits per heavy atom. The van der Waals surface area contributed by atoms with E-state index in [1.807, 2.05) is 25.1 Å². The van der Waals surface area contributed by atoms with Gasteiger partial charge in [-0.25, -0.2) is 4.98 Å². The summed E-state index contributed by atoms with van der Waals surface area (Å²) in [7, 11) is 1.64. The molecule has 2 aromatic heterocycles. The van der Waals surface area contributed by atoms with Gasteiger partial charge in [-0.1, -0.05) is 6.07 Å². The molecule has 0 aliphatic carbocycles. The van der Waals surface area contributed by atoms with Crippen LogP contribution in [0, 0.1) is 6.92 Å². The summed E-state index contributed by atoms with van der Waals surface area (Å²) in [5.74, 6) is -0.0372. The molecule has 0 spiro atoms. The molecule has 2 rings (SSSR count). The minimum absolute atomic E-state index is 0.0372. The maximum absolute atomic E-state index is 11.8. The summed E-state index contributed by atoms with van der Waals surface area (Å²) >= 11 is 1.57. The lowest BCUT2D eigenvalue weighted by molar-refractivity contribution is -0.120. The number of carbonyl (C=O) groups excluding carboxylic acids is 1. The van der Waals surface area contributed by atoms with E-state index in [-0.39, 0.29) is 5.91 Å². The molecule has 5 nitrogen and oxygen atoms in total. The van der Waals surface area contributed by atoms with Gasteiger partial charge in [0.2, 0.25) is 5.91 Å². The first-order valence-electron chi connectivity index (χ1n) is 6.29. The Morgan fingerprint density at radius 1 is 1.45 bits per heavy atom. The van der Waals surface area contributed by atoms with Crippen molar-refractivity contribution in [2.24, 2.45) is 0 Å². The fourth-order valence-electron chi connectivity index (χ4n) is 1.75. The van der Waals surface area contributed by atoms with Crippen LogP contribution in [0.25, 0.3) is 0 Å². The third-order valence-electron chi connectivity index (χ3n) is 2.72. The van der Waals surface area contributed by atoms with Crippen LogP contribution in [0.15, 0.2) is 24.4 Å². The first-order chi connectivity index (χ1) is 9.69. The largest absolute Gasteiger partial charge is 0.378 e. The number of amides is 1. The number of aromatic nitrogens is 2. The molecule has 6 heteroatoms. The summed E-state index contributed by atoms with van der Waals surface area (Å²) in [4.78, 5) is 21.4. The van der Waals surface area contributed by atoms with E-state index in [0.29, 0.717) is 19.6 Å². The van der Waals surface area contributed by atoms with Gasteiger partial charge < -0.3 is 10.1 Å². The molecule has 20 heavy (non-hydrogen) atoms. The molecule has 2 heterocycles. The second-order valence-corrected chi connectivity index (χ2v) is 5.49. The van der Waals surface area contributed by atoms with E-state index < -0.39 is 0 Å². The van der Waals surface area contributed by atoms with Crippen LogP contribution < -0.4 is 5.32 Å². The Labute approximate surface area is 122 Å². The Kier molecular flexibility index (Phi) is 5.20. The number of nitrogens with zero attached hydrogens (tertiary/aromatic N) is 2. The van der Waals surface area contributed by atoms with Crippen molar-refractivity contribution in [3.63, 3.8) is 0 Å². The molecule has 0 aromatic carbocycles. The van der Waals surface area contributed by atoms with E-state index in [0.717, 1.165) is 21.3 Å². The summed E-state index contributed by atoms with van der Waals surface area (Å²) in [5, 5.41) is 3.82. The van der Waals surface area contributed by atoms with E-state index >= 15 is 0 Å². The number of hydrogen-bond acceptors (Lipinski definition) is 5. The quantitative estimate of drug-likeness (QED) is 0.882. The number of ether oxygens (including phenoxy) is 1. The summed E-state index contributed by atoms with van der Waals surface area (Å²) in [5.41, 5.74) is 1.71. The van der Waals surface area contributed by atoms with Crippen LogP contribution in [-0.2, 0) is 29.1 Å². The molecule has 2 aromatic rings. The standard InChI is InChI=1S/C14H17N3O2S/c1-10-12(20-14(17-10)9-19-2)8-16-13(18)7-11-5-3-4-6-15-11/h3-6H,7-9H2,1-2H3,(H,16,18). The highest BCUT2D eigenvalue weighted by Gasteiger charge is 2.09. The maximum atomic E-state index is 11.8. The lowest BCUT2D eigenvalue weighted by Gasteiger charge is -2.03. The Balaban J connectivity index is 1.87. The van der Waals surface area contributed by atoms with Crippen LogP contribution in [0.1, 0.15) is 21.3 Å². The molecule has 0 aliphatic heterocycles. The van der Waals surface area contributed by atoms with E-state index in [1.54, 1.807) is 24.6 Å². The summed E-state index contributed by atoms with van der Waals surface area (Å²) in [6, 6.07) is 5.55. The molecular weight excluding hydrogens is 274 g/mol. The zero-order valence-electron chi connectivity index (χ0n) is 11.5. The number of hydrogen-bond donors (Lipinski definition) is 1. The van der Waals surface area contributed by atoms with Gasteiger partial charge in [0.25, 0.3) is 0 Å². The van der Waals surface area contributed by atoms with Crippen molar-refractivity contribution in [3.8, 4) is 0 Å². The van der Waals surface area contributed by atoms with Crippen LogP contribution in [0.5, 0.6) is 0 Å². The molecular formula is C14H17N3O2S. The second-order valence-electron chi connectivity index (χ2n) is 4.32. The highest BCUT2D eigenvalue weighted by atomic mass is 32.1. The normalized spacial score (nSPS) is 10.5. The Bertz CT molecular complexity index is 569. The number of nitrogens with one attached hydrogen (secondary N) is 1. The van der Waals surface area contributed by atoms with Crippen LogP contribution in [0.3, 0.4) is 0 Å². The fraction of sp³-hybridized carbons (Fsp3) is 0.357. The van der Waals surface area contributed by atoms with Gasteiger partial charge in [0, 0.05) is 23.9 Å². The highest BCUT2D eigenvalue weighted by Crippen LogP contribution is 2.18. The summed E-state index contributed by atoms with van der Waals surface area (Å²) in [6.45, 7) is 2.95. The number of pyridine rings is 1. The molecule has 0 aliphatic rings. The summed E-state index contributed by atoms with van der Waals surface area (Å²) < 4.78 is 5.05. The van der Waals surface area contributed by atoms with Crippen molar-refractivity contribution < 1.29 is 9.53 Å². The minimum Gasteiger partial charge on any atom is -0.378 e. The van der Waals surface area contributed by atoms with E-state index in [2.05, 4.69) is 15.3 Å². The molecule has 0 radical (unpaired) electrons. The molecule has 0 saturated heterocycles. The van der Waals surface area contributed by atoms with Crippen molar-refractivity contribution in [3.05, 3.63) is 45.7 Å². The van der Waals surface area contributed by atoms with E-state index in [1.165, 1.54) is 0 Å². The van der Waals surface area contributed by atoms with Crippen molar-refractivity contribution in [1.82, 2.24) is 15.3 Å². The topological polar surface area (TPSA) is 64.1 Å². The zero-order chi connectivity index (χ0) is 14.4. The Hall–Kier alpha value is -1.79. The fourth-order valence-corrected chi connectivity index (χ4v) is 2.73. The smallest absolute Gasteiger partial charge is 0.226 e. The average molecular weight is 291 g/mol. The number of rotatable bonds is 6. The number of methoxy groups -OCH3 is 1. The molecule has 1 N–H and O–H groups in total. The predicted molar refractivity (Wildman–Crippen MR) is 77.4 cm³/mol. The third-order valence-corrected chi connectivity index (χ3v) is 3.85. The van der Waals surface area contributed by atoms with Gasteiger partial charge in [-0.05, 0) is 19.1 Å². The summed E-state index contributed by atoms with van der Waals surface area (Å²) in [6.07, 6.45) is 1.98. The predicted octanol–water partition coefficient (Wildman–Crippen LogP) is 1.85. The zero-order valence-corrected chi connectivity index (χ0v) is 12.4. The van der Waals surface area contributed by atoms with Gasteiger partial charge in [-0.3, -0.25) is 9.78 Å². The molecule has 106 valence electrons. The highest BCUT2D eigenvalue weighted by molar-refractivity contribution is 7.11. The van der Waals surface area contributed by atoms with E-state index in [4.69, 9.17) is 4.74 Å². The third kappa shape index (κ3) is 4.11. The average Bonchev–Trinajstić information content (AvgIpc) is 2.78. The van der Waals surface area contributed by atoms with Gasteiger partial charge in [-0.15, -0.1) is 11.3 Å². The van der Waals surface area contributed by atoms with Crippen LogP contribution >= 0.6 is 11.3 Å². The van der Waals surface area contributed by atoms with Crippen molar-refractivity contribution >= 4 is 17.2 Å². The Morgan fingerprint density at radius 3 is 3.00 bits per heavy atom. The lowest BCUT2D eigenvalue weighted by Crippen LogP contribution is -2.24. The number of thiazole rings is 1. The maximum Gasteiger partial charge on any atom is 0.226 e. The SMILES string of the molecule is COCc1nc(C)c(CNC(=O)Cc2ccccn2)s1. The van der Waals surface area contributed by atoms with Gasteiger partial charge >= 0.3 is 0 Å². The number of carbonyl (C=O) groups is 1. The van der Waals surface area contributed by atoms with Crippen molar-refractivity contribution in [2.45, 2.75) is 26.5 Å².